The average Bonchev–Trinajstić information content (AvgIpc) is 2.89. The molecule has 178 valence electrons. The van der Waals surface area contributed by atoms with Gasteiger partial charge < -0.3 is 19.9 Å². The topological polar surface area (TPSA) is 70.6 Å². The molecule has 4 aromatic rings. The lowest BCUT2D eigenvalue weighted by molar-refractivity contribution is 0.0600. The predicted octanol–water partition coefficient (Wildman–Crippen LogP) is 4.89. The fourth-order valence-electron chi connectivity index (χ4n) is 4.52. The highest BCUT2D eigenvalue weighted by molar-refractivity contribution is 5.95. The molecule has 0 saturated carbocycles. The van der Waals surface area contributed by atoms with Crippen molar-refractivity contribution in [1.29, 1.82) is 0 Å². The van der Waals surface area contributed by atoms with Crippen LogP contribution in [-0.4, -0.2) is 61.2 Å². The number of methoxy groups -OCH3 is 1. The van der Waals surface area contributed by atoms with Crippen LogP contribution in [0.2, 0.25) is 0 Å². The number of carbonyl (C=O) groups is 1. The maximum Gasteiger partial charge on any atom is 0.337 e. The van der Waals surface area contributed by atoms with Gasteiger partial charge in [0.05, 0.1) is 18.2 Å². The normalized spacial score (nSPS) is 14.2. The summed E-state index contributed by atoms with van der Waals surface area (Å²) >= 11 is 0. The molecule has 1 aliphatic heterocycles. The molecule has 0 amide bonds. The van der Waals surface area contributed by atoms with Crippen LogP contribution in [0.15, 0.2) is 66.9 Å². The van der Waals surface area contributed by atoms with Crippen molar-refractivity contribution in [3.63, 3.8) is 0 Å². The molecule has 1 saturated heterocycles. The standard InChI is InChI=1S/C28H29N5O2/c1-19-17-23(11-12-25(19)33-15-13-32(2)14-16-33)30-28-29-18-22-5-4-6-24(26(22)31-28)20-7-9-21(10-8-20)27(34)35-3/h4-12,17-18H,13-16H2,1-3H3,(H,29,30,31). The van der Waals surface area contributed by atoms with Gasteiger partial charge in [-0.05, 0) is 55.4 Å². The van der Waals surface area contributed by atoms with Crippen molar-refractivity contribution in [2.45, 2.75) is 6.92 Å². The number of fused-ring (bicyclic) bond motifs is 1. The van der Waals surface area contributed by atoms with E-state index >= 15 is 0 Å². The molecule has 2 heterocycles. The summed E-state index contributed by atoms with van der Waals surface area (Å²) in [5, 5.41) is 4.32. The van der Waals surface area contributed by atoms with Crippen LogP contribution in [0.1, 0.15) is 15.9 Å². The number of anilines is 3. The van der Waals surface area contributed by atoms with Crippen LogP contribution in [0.25, 0.3) is 22.0 Å². The summed E-state index contributed by atoms with van der Waals surface area (Å²) in [6.45, 7) is 6.40. The number of rotatable bonds is 5. The van der Waals surface area contributed by atoms with E-state index in [4.69, 9.17) is 9.72 Å². The molecule has 0 radical (unpaired) electrons. The summed E-state index contributed by atoms with van der Waals surface area (Å²) in [5.74, 6) is 0.195. The van der Waals surface area contributed by atoms with Crippen molar-refractivity contribution in [3.05, 3.63) is 78.0 Å². The zero-order valence-corrected chi connectivity index (χ0v) is 20.3. The van der Waals surface area contributed by atoms with Gasteiger partial charge in [0, 0.05) is 54.7 Å². The van der Waals surface area contributed by atoms with Crippen LogP contribution < -0.4 is 10.2 Å². The van der Waals surface area contributed by atoms with Crippen molar-refractivity contribution >= 4 is 34.2 Å². The number of para-hydroxylation sites is 1. The first kappa shape index (κ1) is 22.8. The number of esters is 1. The number of benzene rings is 3. The maximum atomic E-state index is 11.8. The van der Waals surface area contributed by atoms with E-state index in [1.807, 2.05) is 36.5 Å². The number of aromatic nitrogens is 2. The molecule has 0 spiro atoms. The Morgan fingerprint density at radius 1 is 1.00 bits per heavy atom. The summed E-state index contributed by atoms with van der Waals surface area (Å²) in [7, 11) is 3.55. The van der Waals surface area contributed by atoms with Crippen LogP contribution >= 0.6 is 0 Å². The zero-order chi connectivity index (χ0) is 24.4. The van der Waals surface area contributed by atoms with E-state index in [-0.39, 0.29) is 5.97 Å². The van der Waals surface area contributed by atoms with Gasteiger partial charge in [-0.15, -0.1) is 0 Å². The minimum absolute atomic E-state index is 0.350. The Balaban J connectivity index is 1.41. The van der Waals surface area contributed by atoms with Crippen molar-refractivity contribution in [1.82, 2.24) is 14.9 Å². The third-order valence-corrected chi connectivity index (χ3v) is 6.52. The van der Waals surface area contributed by atoms with Crippen LogP contribution in [0.3, 0.4) is 0 Å². The van der Waals surface area contributed by atoms with E-state index in [9.17, 15) is 4.79 Å². The van der Waals surface area contributed by atoms with Gasteiger partial charge in [0.25, 0.3) is 0 Å². The third kappa shape index (κ3) is 4.81. The lowest BCUT2D eigenvalue weighted by Gasteiger charge is -2.35. The lowest BCUT2D eigenvalue weighted by Crippen LogP contribution is -2.44. The maximum absolute atomic E-state index is 11.8. The van der Waals surface area contributed by atoms with Crippen molar-refractivity contribution < 1.29 is 9.53 Å². The molecule has 1 aromatic heterocycles. The van der Waals surface area contributed by atoms with Gasteiger partial charge in [-0.1, -0.05) is 30.3 Å². The number of hydrogen-bond donors (Lipinski definition) is 1. The highest BCUT2D eigenvalue weighted by atomic mass is 16.5. The second-order valence-electron chi connectivity index (χ2n) is 8.92. The highest BCUT2D eigenvalue weighted by Gasteiger charge is 2.16. The summed E-state index contributed by atoms with van der Waals surface area (Å²) < 4.78 is 4.81. The molecule has 1 fully saturated rings. The number of piperazine rings is 1. The molecular formula is C28H29N5O2. The Morgan fingerprint density at radius 3 is 2.49 bits per heavy atom. The van der Waals surface area contributed by atoms with Crippen LogP contribution in [0.4, 0.5) is 17.3 Å². The van der Waals surface area contributed by atoms with E-state index in [0.717, 1.165) is 53.9 Å². The molecule has 1 aliphatic rings. The monoisotopic (exact) mass is 467 g/mol. The van der Waals surface area contributed by atoms with Crippen LogP contribution in [0.5, 0.6) is 0 Å². The fourth-order valence-corrected chi connectivity index (χ4v) is 4.52. The Bertz CT molecular complexity index is 1360. The van der Waals surface area contributed by atoms with E-state index in [1.54, 1.807) is 12.1 Å². The van der Waals surface area contributed by atoms with Gasteiger partial charge in [-0.25, -0.2) is 14.8 Å². The summed E-state index contributed by atoms with van der Waals surface area (Å²) in [4.78, 5) is 26.0. The number of nitrogens with one attached hydrogen (secondary N) is 1. The SMILES string of the molecule is COC(=O)c1ccc(-c2cccc3cnc(Nc4ccc(N5CCN(C)CC5)c(C)c4)nc23)cc1. The third-order valence-electron chi connectivity index (χ3n) is 6.52. The molecule has 0 aliphatic carbocycles. The van der Waals surface area contributed by atoms with Gasteiger partial charge in [-0.3, -0.25) is 0 Å². The Kier molecular flexibility index (Phi) is 6.33. The number of aryl methyl sites for hydroxylation is 1. The number of nitrogens with zero attached hydrogens (tertiary/aromatic N) is 4. The highest BCUT2D eigenvalue weighted by Crippen LogP contribution is 2.30. The minimum Gasteiger partial charge on any atom is -0.465 e. The quantitative estimate of drug-likeness (QED) is 0.419. The van der Waals surface area contributed by atoms with Crippen molar-refractivity contribution in [3.8, 4) is 11.1 Å². The molecule has 7 nitrogen and oxygen atoms in total. The predicted molar refractivity (Wildman–Crippen MR) is 140 cm³/mol. The van der Waals surface area contributed by atoms with Crippen LogP contribution in [0, 0.1) is 6.92 Å². The number of carbonyl (C=O) groups excluding carboxylic acids is 1. The van der Waals surface area contributed by atoms with Gasteiger partial charge in [0.15, 0.2) is 0 Å². The smallest absolute Gasteiger partial charge is 0.337 e. The Hall–Kier alpha value is -3.97. The minimum atomic E-state index is -0.350. The summed E-state index contributed by atoms with van der Waals surface area (Å²) in [6.07, 6.45) is 1.84. The van der Waals surface area contributed by atoms with Crippen molar-refractivity contribution in [2.75, 3.05) is 50.6 Å². The molecule has 0 atom stereocenters. The second kappa shape index (κ2) is 9.72. The van der Waals surface area contributed by atoms with E-state index in [2.05, 4.69) is 52.3 Å². The molecule has 7 heteroatoms. The average molecular weight is 468 g/mol. The first-order valence-electron chi connectivity index (χ1n) is 11.8. The van der Waals surface area contributed by atoms with Crippen LogP contribution in [-0.2, 0) is 4.74 Å². The molecule has 1 N–H and O–H groups in total. The first-order chi connectivity index (χ1) is 17.0. The van der Waals surface area contributed by atoms with Gasteiger partial charge in [-0.2, -0.15) is 0 Å². The number of likely N-dealkylation sites (N-methyl/N-ethyl adjacent to an activating group) is 1. The zero-order valence-electron chi connectivity index (χ0n) is 20.3. The Morgan fingerprint density at radius 2 is 1.77 bits per heavy atom. The second-order valence-corrected chi connectivity index (χ2v) is 8.92. The number of ether oxygens (including phenoxy) is 1. The molecule has 0 bridgehead atoms. The van der Waals surface area contributed by atoms with Gasteiger partial charge >= 0.3 is 5.97 Å². The van der Waals surface area contributed by atoms with E-state index in [0.29, 0.717) is 11.5 Å². The summed E-state index contributed by atoms with van der Waals surface area (Å²) in [6, 6.07) is 19.8. The molecule has 3 aromatic carbocycles. The first-order valence-corrected chi connectivity index (χ1v) is 11.8. The molecule has 0 unspecified atom stereocenters. The van der Waals surface area contributed by atoms with Crippen molar-refractivity contribution in [2.24, 2.45) is 0 Å². The molecular weight excluding hydrogens is 438 g/mol. The van der Waals surface area contributed by atoms with Gasteiger partial charge in [0.1, 0.15) is 0 Å². The lowest BCUT2D eigenvalue weighted by atomic mass is 10.0. The number of hydrogen-bond acceptors (Lipinski definition) is 7. The largest absolute Gasteiger partial charge is 0.465 e. The fraction of sp³-hybridized carbons (Fsp3) is 0.250. The molecule has 5 rings (SSSR count). The van der Waals surface area contributed by atoms with Gasteiger partial charge in [0.2, 0.25) is 5.95 Å². The molecule has 35 heavy (non-hydrogen) atoms. The van der Waals surface area contributed by atoms with E-state index in [1.165, 1.54) is 18.4 Å². The summed E-state index contributed by atoms with van der Waals surface area (Å²) in [5.41, 5.74) is 6.78. The Labute approximate surface area is 205 Å². The van der Waals surface area contributed by atoms with E-state index < -0.39 is 0 Å².